The Morgan fingerprint density at radius 1 is 0.926 bits per heavy atom. The van der Waals surface area contributed by atoms with Crippen molar-refractivity contribution in [1.82, 2.24) is 9.21 Å². The molecule has 0 radical (unpaired) electrons. The summed E-state index contributed by atoms with van der Waals surface area (Å²) in [5, 5.41) is 0. The van der Waals surface area contributed by atoms with Crippen molar-refractivity contribution >= 4 is 10.0 Å². The average molecular weight is 389 g/mol. The van der Waals surface area contributed by atoms with E-state index in [0.29, 0.717) is 18.0 Å². The maximum atomic E-state index is 13.4. The molecule has 2 fully saturated rings. The average Bonchev–Trinajstić information content (AvgIpc) is 3.09. The molecule has 1 spiro atoms. The number of rotatable bonds is 4. The summed E-state index contributed by atoms with van der Waals surface area (Å²) in [5.41, 5.74) is 0.693. The molecule has 0 aromatic heterocycles. The molecule has 0 bridgehead atoms. The molecule has 2 saturated heterocycles. The molecular formula is C21H25FN2O2S. The number of nitrogens with zero attached hydrogens (tertiary/aromatic N) is 2. The number of benzene rings is 2. The van der Waals surface area contributed by atoms with Gasteiger partial charge in [-0.15, -0.1) is 0 Å². The molecule has 6 heteroatoms. The lowest BCUT2D eigenvalue weighted by Gasteiger charge is -2.44. The minimum absolute atomic E-state index is 0.211. The lowest BCUT2D eigenvalue weighted by molar-refractivity contribution is 0.0980. The summed E-state index contributed by atoms with van der Waals surface area (Å²) in [4.78, 5) is 2.68. The summed E-state index contributed by atoms with van der Waals surface area (Å²) in [7, 11) is -3.46. The summed E-state index contributed by atoms with van der Waals surface area (Å²) >= 11 is 0. The van der Waals surface area contributed by atoms with Crippen LogP contribution in [0, 0.1) is 5.82 Å². The van der Waals surface area contributed by atoms with Crippen LogP contribution in [-0.4, -0.2) is 42.8 Å². The molecule has 2 heterocycles. The quantitative estimate of drug-likeness (QED) is 0.803. The van der Waals surface area contributed by atoms with E-state index < -0.39 is 10.0 Å². The minimum atomic E-state index is -3.46. The van der Waals surface area contributed by atoms with Gasteiger partial charge in [0.15, 0.2) is 0 Å². The van der Waals surface area contributed by atoms with Crippen molar-refractivity contribution in [2.45, 2.75) is 42.7 Å². The first kappa shape index (κ1) is 18.6. The third-order valence-electron chi connectivity index (χ3n) is 5.95. The Kier molecular flexibility index (Phi) is 5.05. The van der Waals surface area contributed by atoms with Gasteiger partial charge in [-0.1, -0.05) is 30.3 Å². The van der Waals surface area contributed by atoms with Gasteiger partial charge in [-0.2, -0.15) is 4.31 Å². The minimum Gasteiger partial charge on any atom is -0.299 e. The van der Waals surface area contributed by atoms with Crippen molar-refractivity contribution in [3.63, 3.8) is 0 Å². The second kappa shape index (κ2) is 7.34. The Morgan fingerprint density at radius 2 is 1.67 bits per heavy atom. The van der Waals surface area contributed by atoms with Crippen molar-refractivity contribution in [3.05, 3.63) is 66.0 Å². The van der Waals surface area contributed by atoms with Gasteiger partial charge in [0.1, 0.15) is 5.82 Å². The van der Waals surface area contributed by atoms with E-state index in [-0.39, 0.29) is 11.4 Å². The molecule has 2 aromatic rings. The molecule has 4 nitrogen and oxygen atoms in total. The number of hydrogen-bond acceptors (Lipinski definition) is 3. The molecule has 0 N–H and O–H groups in total. The van der Waals surface area contributed by atoms with Gasteiger partial charge in [-0.05, 0) is 55.5 Å². The first-order chi connectivity index (χ1) is 13.0. The van der Waals surface area contributed by atoms with Crippen LogP contribution >= 0.6 is 0 Å². The van der Waals surface area contributed by atoms with E-state index in [1.165, 1.54) is 6.07 Å². The molecule has 2 aromatic carbocycles. The second-order valence-electron chi connectivity index (χ2n) is 7.62. The van der Waals surface area contributed by atoms with Crippen LogP contribution in [0.3, 0.4) is 0 Å². The number of likely N-dealkylation sites (tertiary alicyclic amines) is 1. The van der Waals surface area contributed by atoms with Crippen molar-refractivity contribution < 1.29 is 12.8 Å². The summed E-state index contributed by atoms with van der Waals surface area (Å²) in [6.07, 6.45) is 3.49. The summed E-state index contributed by atoms with van der Waals surface area (Å²) in [5.74, 6) is -0.211. The lowest BCUT2D eigenvalue weighted by Crippen LogP contribution is -2.53. The Balaban J connectivity index is 1.48. The predicted molar refractivity (Wildman–Crippen MR) is 103 cm³/mol. The first-order valence-corrected chi connectivity index (χ1v) is 11.0. The van der Waals surface area contributed by atoms with Crippen LogP contribution in [0.15, 0.2) is 59.5 Å². The van der Waals surface area contributed by atoms with Gasteiger partial charge in [-0.3, -0.25) is 4.90 Å². The molecule has 0 aliphatic carbocycles. The highest BCUT2D eigenvalue weighted by atomic mass is 32.2. The van der Waals surface area contributed by atoms with E-state index in [2.05, 4.69) is 4.90 Å². The molecule has 27 heavy (non-hydrogen) atoms. The van der Waals surface area contributed by atoms with Gasteiger partial charge >= 0.3 is 0 Å². The monoisotopic (exact) mass is 388 g/mol. The molecule has 0 unspecified atom stereocenters. The number of halogens is 1. The van der Waals surface area contributed by atoms with Crippen LogP contribution in [-0.2, 0) is 16.6 Å². The van der Waals surface area contributed by atoms with Gasteiger partial charge in [0.2, 0.25) is 10.0 Å². The fourth-order valence-corrected chi connectivity index (χ4v) is 6.44. The maximum absolute atomic E-state index is 13.4. The topological polar surface area (TPSA) is 40.6 Å². The van der Waals surface area contributed by atoms with E-state index in [1.54, 1.807) is 40.7 Å². The van der Waals surface area contributed by atoms with E-state index in [0.717, 1.165) is 44.3 Å². The van der Waals surface area contributed by atoms with Gasteiger partial charge in [-0.25, -0.2) is 12.8 Å². The van der Waals surface area contributed by atoms with Crippen LogP contribution in [0.4, 0.5) is 4.39 Å². The highest BCUT2D eigenvalue weighted by Gasteiger charge is 2.48. The van der Waals surface area contributed by atoms with Crippen molar-refractivity contribution in [2.75, 3.05) is 19.6 Å². The van der Waals surface area contributed by atoms with Crippen LogP contribution in [0.2, 0.25) is 0 Å². The molecule has 4 rings (SSSR count). The standard InChI is InChI=1S/C21H25FN2O2S/c22-19-7-4-6-18(16-19)17-23-14-11-21(12-15-23)10-5-13-24(21)27(25,26)20-8-2-1-3-9-20/h1-4,6-9,16H,5,10-15,17H2. The fraction of sp³-hybridized carbons (Fsp3) is 0.429. The summed E-state index contributed by atoms with van der Waals surface area (Å²) in [6, 6.07) is 15.5. The lowest BCUT2D eigenvalue weighted by atomic mass is 9.86. The normalized spacial score (nSPS) is 20.9. The van der Waals surface area contributed by atoms with E-state index >= 15 is 0 Å². The van der Waals surface area contributed by atoms with Crippen LogP contribution in [0.5, 0.6) is 0 Å². The molecule has 0 atom stereocenters. The zero-order valence-corrected chi connectivity index (χ0v) is 16.2. The highest BCUT2D eigenvalue weighted by Crippen LogP contribution is 2.42. The van der Waals surface area contributed by atoms with E-state index in [1.807, 2.05) is 12.1 Å². The number of piperidine rings is 1. The SMILES string of the molecule is O=S(=O)(c1ccccc1)N1CCCC12CCN(Cc1cccc(F)c1)CC2. The summed E-state index contributed by atoms with van der Waals surface area (Å²) < 4.78 is 41.5. The molecule has 0 amide bonds. The highest BCUT2D eigenvalue weighted by molar-refractivity contribution is 7.89. The van der Waals surface area contributed by atoms with Gasteiger partial charge < -0.3 is 0 Å². The second-order valence-corrected chi connectivity index (χ2v) is 9.49. The Bertz CT molecular complexity index is 893. The fourth-order valence-electron chi connectivity index (χ4n) is 4.53. The van der Waals surface area contributed by atoms with Crippen molar-refractivity contribution in [2.24, 2.45) is 0 Å². The number of hydrogen-bond donors (Lipinski definition) is 0. The van der Waals surface area contributed by atoms with Gasteiger partial charge in [0, 0.05) is 31.7 Å². The maximum Gasteiger partial charge on any atom is 0.243 e. The zero-order chi connectivity index (χ0) is 18.9. The molecular weight excluding hydrogens is 363 g/mol. The molecule has 2 aliphatic heterocycles. The number of sulfonamides is 1. The van der Waals surface area contributed by atoms with Gasteiger partial charge in [0.05, 0.1) is 4.90 Å². The predicted octanol–water partition coefficient (Wildman–Crippen LogP) is 3.65. The van der Waals surface area contributed by atoms with Gasteiger partial charge in [0.25, 0.3) is 0 Å². The Hall–Kier alpha value is -1.76. The zero-order valence-electron chi connectivity index (χ0n) is 15.4. The largest absolute Gasteiger partial charge is 0.299 e. The molecule has 0 saturated carbocycles. The third-order valence-corrected chi connectivity index (χ3v) is 7.96. The smallest absolute Gasteiger partial charge is 0.243 e. The van der Waals surface area contributed by atoms with Crippen molar-refractivity contribution in [3.8, 4) is 0 Å². The molecule has 2 aliphatic rings. The van der Waals surface area contributed by atoms with E-state index in [9.17, 15) is 12.8 Å². The Labute approximate surface area is 160 Å². The van der Waals surface area contributed by atoms with Crippen LogP contribution in [0.25, 0.3) is 0 Å². The Morgan fingerprint density at radius 3 is 2.37 bits per heavy atom. The van der Waals surface area contributed by atoms with Crippen molar-refractivity contribution in [1.29, 1.82) is 0 Å². The van der Waals surface area contributed by atoms with E-state index in [4.69, 9.17) is 0 Å². The van der Waals surface area contributed by atoms with Crippen LogP contribution in [0.1, 0.15) is 31.2 Å². The third kappa shape index (κ3) is 3.66. The van der Waals surface area contributed by atoms with Crippen LogP contribution < -0.4 is 0 Å². The first-order valence-electron chi connectivity index (χ1n) is 9.54. The summed E-state index contributed by atoms with van der Waals surface area (Å²) in [6.45, 7) is 2.97. The molecule has 144 valence electrons.